The van der Waals surface area contributed by atoms with Crippen molar-refractivity contribution in [3.8, 4) is 0 Å². The molecule has 0 bridgehead atoms. The first-order valence-corrected chi connectivity index (χ1v) is 7.09. The Labute approximate surface area is 123 Å². The van der Waals surface area contributed by atoms with Crippen LogP contribution in [0.1, 0.15) is 24.2 Å². The van der Waals surface area contributed by atoms with Crippen LogP contribution in [0.4, 0.5) is 11.4 Å². The second kappa shape index (κ2) is 5.89. The van der Waals surface area contributed by atoms with Gasteiger partial charge < -0.3 is 15.7 Å². The van der Waals surface area contributed by atoms with Crippen LogP contribution in [-0.4, -0.2) is 48.2 Å². The highest BCUT2D eigenvalue weighted by Crippen LogP contribution is 2.33. The predicted octanol–water partition coefficient (Wildman–Crippen LogP) is 2.15. The summed E-state index contributed by atoms with van der Waals surface area (Å²) in [4.78, 5) is 15.8. The molecule has 1 aliphatic rings. The molecule has 0 aliphatic carbocycles. The zero-order valence-electron chi connectivity index (χ0n) is 11.8. The van der Waals surface area contributed by atoms with Crippen molar-refractivity contribution >= 4 is 28.9 Å². The van der Waals surface area contributed by atoms with Crippen molar-refractivity contribution in [2.24, 2.45) is 0 Å². The Morgan fingerprint density at radius 3 is 2.40 bits per heavy atom. The van der Waals surface area contributed by atoms with Crippen molar-refractivity contribution in [1.82, 2.24) is 4.90 Å². The number of rotatable bonds is 3. The number of hydrogen-bond donors (Lipinski definition) is 2. The third kappa shape index (κ3) is 2.99. The molecule has 1 aromatic carbocycles. The summed E-state index contributed by atoms with van der Waals surface area (Å²) in [5.41, 5.74) is 6.81. The lowest BCUT2D eigenvalue weighted by Gasteiger charge is -2.38. The van der Waals surface area contributed by atoms with Gasteiger partial charge in [0.2, 0.25) is 0 Å². The maximum Gasteiger partial charge on any atom is 0.337 e. The Kier molecular flexibility index (Phi) is 4.40. The predicted molar refractivity (Wildman–Crippen MR) is 81.7 cm³/mol. The molecule has 5 nitrogen and oxygen atoms in total. The molecular weight excluding hydrogens is 278 g/mol. The van der Waals surface area contributed by atoms with Gasteiger partial charge in [-0.15, -0.1) is 0 Å². The maximum atomic E-state index is 11.4. The van der Waals surface area contributed by atoms with Gasteiger partial charge in [0.25, 0.3) is 0 Å². The van der Waals surface area contributed by atoms with E-state index in [1.165, 1.54) is 6.07 Å². The van der Waals surface area contributed by atoms with E-state index in [0.717, 1.165) is 26.2 Å². The van der Waals surface area contributed by atoms with Gasteiger partial charge in [-0.05, 0) is 26.0 Å². The number of nitrogens with two attached hydrogens (primary N) is 1. The molecule has 3 N–H and O–H groups in total. The highest BCUT2D eigenvalue weighted by molar-refractivity contribution is 6.34. The number of nitrogen functional groups attached to an aromatic ring is 1. The minimum atomic E-state index is -1.000. The standard InChI is InChI=1S/C14H20ClN3O2/c1-9(2)17-3-5-18(6-4-17)13-11(14(19)20)7-10(16)8-12(13)15/h7-9H,3-6,16H2,1-2H3,(H,19,20). The van der Waals surface area contributed by atoms with Crippen LogP contribution >= 0.6 is 11.6 Å². The van der Waals surface area contributed by atoms with E-state index >= 15 is 0 Å². The van der Waals surface area contributed by atoms with Gasteiger partial charge in [0, 0.05) is 37.9 Å². The molecule has 6 heteroatoms. The first kappa shape index (κ1) is 14.9. The van der Waals surface area contributed by atoms with E-state index < -0.39 is 5.97 Å². The van der Waals surface area contributed by atoms with E-state index in [1.54, 1.807) is 6.07 Å². The van der Waals surface area contributed by atoms with Crippen molar-refractivity contribution < 1.29 is 9.90 Å². The lowest BCUT2D eigenvalue weighted by Crippen LogP contribution is -2.49. The molecule has 1 heterocycles. The van der Waals surface area contributed by atoms with Crippen molar-refractivity contribution in [3.63, 3.8) is 0 Å². The molecule has 0 amide bonds. The van der Waals surface area contributed by atoms with Gasteiger partial charge in [0.15, 0.2) is 0 Å². The van der Waals surface area contributed by atoms with Crippen LogP contribution in [0.3, 0.4) is 0 Å². The van der Waals surface area contributed by atoms with Crippen LogP contribution in [0.25, 0.3) is 0 Å². The number of benzene rings is 1. The van der Waals surface area contributed by atoms with Gasteiger partial charge >= 0.3 is 5.97 Å². The van der Waals surface area contributed by atoms with Crippen LogP contribution in [0.2, 0.25) is 5.02 Å². The van der Waals surface area contributed by atoms with Gasteiger partial charge in [-0.3, -0.25) is 4.90 Å². The third-order valence-corrected chi connectivity index (χ3v) is 3.97. The van der Waals surface area contributed by atoms with Crippen molar-refractivity contribution in [1.29, 1.82) is 0 Å². The van der Waals surface area contributed by atoms with Gasteiger partial charge in [-0.1, -0.05) is 11.6 Å². The lowest BCUT2D eigenvalue weighted by atomic mass is 10.1. The largest absolute Gasteiger partial charge is 0.478 e. The molecule has 0 saturated carbocycles. The first-order valence-electron chi connectivity index (χ1n) is 6.71. The number of aromatic carboxylic acids is 1. The molecule has 110 valence electrons. The van der Waals surface area contributed by atoms with E-state index in [0.29, 0.717) is 22.4 Å². The molecule has 1 aromatic rings. The molecule has 0 unspecified atom stereocenters. The van der Waals surface area contributed by atoms with Crippen LogP contribution < -0.4 is 10.6 Å². The molecule has 0 radical (unpaired) electrons. The van der Waals surface area contributed by atoms with Crippen LogP contribution in [0, 0.1) is 0 Å². The Hall–Kier alpha value is -1.46. The number of carboxylic acid groups (broad SMARTS) is 1. The summed E-state index contributed by atoms with van der Waals surface area (Å²) < 4.78 is 0. The molecule has 1 saturated heterocycles. The number of carboxylic acids is 1. The Balaban J connectivity index is 2.28. The lowest BCUT2D eigenvalue weighted by molar-refractivity contribution is 0.0697. The zero-order chi connectivity index (χ0) is 14.9. The fraction of sp³-hybridized carbons (Fsp3) is 0.500. The van der Waals surface area contributed by atoms with Crippen LogP contribution in [-0.2, 0) is 0 Å². The quantitative estimate of drug-likeness (QED) is 0.837. The van der Waals surface area contributed by atoms with Crippen molar-refractivity contribution in [3.05, 3.63) is 22.7 Å². The minimum Gasteiger partial charge on any atom is -0.478 e. The molecule has 1 aliphatic heterocycles. The average molecular weight is 298 g/mol. The van der Waals surface area contributed by atoms with Crippen LogP contribution in [0.5, 0.6) is 0 Å². The number of hydrogen-bond acceptors (Lipinski definition) is 4. The summed E-state index contributed by atoms with van der Waals surface area (Å²) in [6.07, 6.45) is 0. The van der Waals surface area contributed by atoms with E-state index in [-0.39, 0.29) is 5.56 Å². The monoisotopic (exact) mass is 297 g/mol. The Morgan fingerprint density at radius 1 is 1.30 bits per heavy atom. The maximum absolute atomic E-state index is 11.4. The number of halogens is 1. The second-order valence-electron chi connectivity index (χ2n) is 5.32. The smallest absolute Gasteiger partial charge is 0.337 e. The van der Waals surface area contributed by atoms with E-state index in [2.05, 4.69) is 18.7 Å². The number of piperazine rings is 1. The van der Waals surface area contributed by atoms with Gasteiger partial charge in [0.1, 0.15) is 0 Å². The van der Waals surface area contributed by atoms with Gasteiger partial charge in [0.05, 0.1) is 16.3 Å². The summed E-state index contributed by atoms with van der Waals surface area (Å²) in [6.45, 7) is 7.65. The molecular formula is C14H20ClN3O2. The fourth-order valence-electron chi connectivity index (χ4n) is 2.57. The number of carbonyl (C=O) groups is 1. The molecule has 20 heavy (non-hydrogen) atoms. The molecule has 2 rings (SSSR count). The summed E-state index contributed by atoms with van der Waals surface area (Å²) in [5.74, 6) is -1.000. The normalized spacial score (nSPS) is 16.7. The topological polar surface area (TPSA) is 69.8 Å². The van der Waals surface area contributed by atoms with E-state index in [4.69, 9.17) is 17.3 Å². The van der Waals surface area contributed by atoms with Gasteiger partial charge in [-0.25, -0.2) is 4.79 Å². The summed E-state index contributed by atoms with van der Waals surface area (Å²) in [7, 11) is 0. The minimum absolute atomic E-state index is 0.174. The van der Waals surface area contributed by atoms with Crippen molar-refractivity contribution in [2.45, 2.75) is 19.9 Å². The SMILES string of the molecule is CC(C)N1CCN(c2c(Cl)cc(N)cc2C(=O)O)CC1. The number of nitrogens with zero attached hydrogens (tertiary/aromatic N) is 2. The van der Waals surface area contributed by atoms with E-state index in [9.17, 15) is 9.90 Å². The summed E-state index contributed by atoms with van der Waals surface area (Å²) in [6, 6.07) is 3.58. The third-order valence-electron chi connectivity index (χ3n) is 3.68. The second-order valence-corrected chi connectivity index (χ2v) is 5.73. The van der Waals surface area contributed by atoms with Gasteiger partial charge in [-0.2, -0.15) is 0 Å². The molecule has 1 fully saturated rings. The number of anilines is 2. The van der Waals surface area contributed by atoms with Crippen molar-refractivity contribution in [2.75, 3.05) is 36.8 Å². The highest BCUT2D eigenvalue weighted by Gasteiger charge is 2.25. The summed E-state index contributed by atoms with van der Waals surface area (Å²) >= 11 is 6.21. The Morgan fingerprint density at radius 2 is 1.90 bits per heavy atom. The van der Waals surface area contributed by atoms with Crippen LogP contribution in [0.15, 0.2) is 12.1 Å². The zero-order valence-corrected chi connectivity index (χ0v) is 12.5. The summed E-state index contributed by atoms with van der Waals surface area (Å²) in [5, 5.41) is 9.74. The molecule has 0 spiro atoms. The average Bonchev–Trinajstić information content (AvgIpc) is 2.37. The molecule has 0 atom stereocenters. The molecule has 0 aromatic heterocycles. The van der Waals surface area contributed by atoms with E-state index in [1.807, 2.05) is 4.90 Å². The first-order chi connectivity index (χ1) is 9.40. The highest BCUT2D eigenvalue weighted by atomic mass is 35.5. The fourth-order valence-corrected chi connectivity index (χ4v) is 2.91. The Bertz CT molecular complexity index is 511.